The minimum absolute atomic E-state index is 0.202. The molecule has 0 aliphatic carbocycles. The van der Waals surface area contributed by atoms with E-state index in [1.165, 1.54) is 0 Å². The zero-order chi connectivity index (χ0) is 22.7. The molecule has 0 spiro atoms. The second-order valence-electron chi connectivity index (χ2n) is 8.20. The fraction of sp³-hybridized carbons (Fsp3) is 0.280. The van der Waals surface area contributed by atoms with E-state index >= 15 is 0 Å². The maximum Gasteiger partial charge on any atom is 0.253 e. The number of benzene rings is 1. The Morgan fingerprint density at radius 2 is 1.88 bits per heavy atom. The fourth-order valence-electron chi connectivity index (χ4n) is 3.66. The summed E-state index contributed by atoms with van der Waals surface area (Å²) in [6.07, 6.45) is 3.54. The van der Waals surface area contributed by atoms with Crippen LogP contribution in [0.1, 0.15) is 44.0 Å². The van der Waals surface area contributed by atoms with E-state index in [1.807, 2.05) is 38.1 Å². The lowest BCUT2D eigenvalue weighted by Gasteiger charge is -2.17. The average Bonchev–Trinajstić information content (AvgIpc) is 3.24. The predicted octanol–water partition coefficient (Wildman–Crippen LogP) is 2.90. The van der Waals surface area contributed by atoms with Crippen LogP contribution in [0.5, 0.6) is 0 Å². The van der Waals surface area contributed by atoms with E-state index in [0.717, 1.165) is 16.8 Å². The fourth-order valence-corrected chi connectivity index (χ4v) is 3.66. The first-order chi connectivity index (χ1) is 15.4. The van der Waals surface area contributed by atoms with Gasteiger partial charge in [0.2, 0.25) is 0 Å². The number of pyridine rings is 2. The lowest BCUT2D eigenvalue weighted by Crippen LogP contribution is -2.30. The summed E-state index contributed by atoms with van der Waals surface area (Å²) in [6, 6.07) is 12.7. The summed E-state index contributed by atoms with van der Waals surface area (Å²) in [5.41, 5.74) is 4.99. The number of nitrogens with one attached hydrogen (secondary N) is 1. The van der Waals surface area contributed by atoms with Crippen molar-refractivity contribution in [3.05, 3.63) is 82.8 Å². The lowest BCUT2D eigenvalue weighted by atomic mass is 10.0. The number of aliphatic hydroxyl groups excluding tert-OH is 1. The molecule has 0 unspecified atom stereocenters. The first kappa shape index (κ1) is 21.6. The van der Waals surface area contributed by atoms with Gasteiger partial charge in [-0.25, -0.2) is 0 Å². The zero-order valence-corrected chi connectivity index (χ0v) is 18.2. The summed E-state index contributed by atoms with van der Waals surface area (Å²) in [4.78, 5) is 36.3. The van der Waals surface area contributed by atoms with Gasteiger partial charge in [0.15, 0.2) is 0 Å². The van der Waals surface area contributed by atoms with Crippen molar-refractivity contribution in [3.8, 4) is 11.3 Å². The molecule has 3 aromatic rings. The number of β-amino-alcohol motifs (C(OH)–C–C–N with tert-alkyl or cyclic N) is 1. The van der Waals surface area contributed by atoms with E-state index in [4.69, 9.17) is 0 Å². The summed E-state index contributed by atoms with van der Waals surface area (Å²) in [7, 11) is 0. The van der Waals surface area contributed by atoms with Crippen molar-refractivity contribution in [1.29, 1.82) is 0 Å². The smallest absolute Gasteiger partial charge is 0.253 e. The van der Waals surface area contributed by atoms with Crippen molar-refractivity contribution < 1.29 is 14.7 Å². The number of aromatic nitrogens is 2. The molecule has 7 heteroatoms. The first-order valence-electron chi connectivity index (χ1n) is 10.6. The highest BCUT2D eigenvalue weighted by molar-refractivity contribution is 6.01. The number of hydrogen-bond acceptors (Lipinski definition) is 5. The standard InChI is InChI=1S/C25H26N4O3/c1-16-3-6-23(27-12-16)19-9-20(24(31)28-14-18-5-4-17(2)26-13-18)11-21(10-19)25(32)29-8-7-22(30)15-29/h3-6,9-13,22,30H,7-8,14-15H2,1-2H3,(H,28,31)/t22-/m1/s1. The van der Waals surface area contributed by atoms with Crippen LogP contribution >= 0.6 is 0 Å². The van der Waals surface area contributed by atoms with Gasteiger partial charge in [-0.15, -0.1) is 0 Å². The van der Waals surface area contributed by atoms with Gasteiger partial charge in [0.05, 0.1) is 11.8 Å². The number of nitrogens with zero attached hydrogens (tertiary/aromatic N) is 3. The molecule has 2 amide bonds. The maximum atomic E-state index is 13.1. The highest BCUT2D eigenvalue weighted by atomic mass is 16.3. The van der Waals surface area contributed by atoms with Gasteiger partial charge in [-0.05, 0) is 61.7 Å². The Labute approximate surface area is 187 Å². The van der Waals surface area contributed by atoms with Crippen LogP contribution in [0.4, 0.5) is 0 Å². The highest BCUT2D eigenvalue weighted by Gasteiger charge is 2.26. The van der Waals surface area contributed by atoms with Crippen molar-refractivity contribution in [2.24, 2.45) is 0 Å². The molecular formula is C25H26N4O3. The molecule has 1 aliphatic heterocycles. The Kier molecular flexibility index (Phi) is 6.28. The van der Waals surface area contributed by atoms with Crippen LogP contribution in [-0.2, 0) is 6.54 Å². The molecule has 32 heavy (non-hydrogen) atoms. The predicted molar refractivity (Wildman–Crippen MR) is 121 cm³/mol. The quantitative estimate of drug-likeness (QED) is 0.649. The SMILES string of the molecule is Cc1ccc(-c2cc(C(=O)NCc3ccc(C)nc3)cc(C(=O)N3CC[C@@H](O)C3)c2)nc1. The number of hydrogen-bond donors (Lipinski definition) is 2. The molecular weight excluding hydrogens is 404 g/mol. The number of aliphatic hydroxyl groups is 1. The molecule has 3 heterocycles. The van der Waals surface area contributed by atoms with Crippen LogP contribution in [-0.4, -0.2) is 51.0 Å². The Bertz CT molecular complexity index is 1130. The number of amides is 2. The van der Waals surface area contributed by atoms with Gasteiger partial charge >= 0.3 is 0 Å². The average molecular weight is 431 g/mol. The zero-order valence-electron chi connectivity index (χ0n) is 18.2. The molecule has 1 fully saturated rings. The van der Waals surface area contributed by atoms with Crippen LogP contribution in [0.3, 0.4) is 0 Å². The lowest BCUT2D eigenvalue weighted by molar-refractivity contribution is 0.0765. The molecule has 0 bridgehead atoms. The van der Waals surface area contributed by atoms with Crippen molar-refractivity contribution in [2.45, 2.75) is 32.9 Å². The molecule has 1 atom stereocenters. The first-order valence-corrected chi connectivity index (χ1v) is 10.6. The second kappa shape index (κ2) is 9.28. The Morgan fingerprint density at radius 1 is 1.06 bits per heavy atom. The minimum Gasteiger partial charge on any atom is -0.391 e. The molecule has 2 aromatic heterocycles. The van der Waals surface area contributed by atoms with Crippen LogP contribution < -0.4 is 5.32 Å². The summed E-state index contributed by atoms with van der Waals surface area (Å²) < 4.78 is 0. The molecule has 0 saturated carbocycles. The molecule has 1 aliphatic rings. The molecule has 2 N–H and O–H groups in total. The van der Waals surface area contributed by atoms with Gasteiger partial charge in [0.25, 0.3) is 11.8 Å². The largest absolute Gasteiger partial charge is 0.391 e. The second-order valence-corrected chi connectivity index (χ2v) is 8.20. The molecule has 4 rings (SSSR count). The van der Waals surface area contributed by atoms with E-state index in [2.05, 4.69) is 15.3 Å². The third-order valence-corrected chi connectivity index (χ3v) is 5.53. The van der Waals surface area contributed by atoms with Gasteiger partial charge in [0, 0.05) is 54.4 Å². The topological polar surface area (TPSA) is 95.4 Å². The summed E-state index contributed by atoms with van der Waals surface area (Å²) in [5, 5.41) is 12.7. The number of rotatable bonds is 5. The van der Waals surface area contributed by atoms with Gasteiger partial charge in [-0.3, -0.25) is 19.6 Å². The number of carbonyl (C=O) groups excluding carboxylic acids is 2. The van der Waals surface area contributed by atoms with Gasteiger partial charge in [-0.1, -0.05) is 12.1 Å². The van der Waals surface area contributed by atoms with Crippen molar-refractivity contribution in [2.75, 3.05) is 13.1 Å². The molecule has 0 radical (unpaired) electrons. The van der Waals surface area contributed by atoms with Gasteiger partial charge < -0.3 is 15.3 Å². The van der Waals surface area contributed by atoms with E-state index in [1.54, 1.807) is 35.5 Å². The normalized spacial score (nSPS) is 15.6. The summed E-state index contributed by atoms with van der Waals surface area (Å²) in [6.45, 7) is 4.99. The van der Waals surface area contributed by atoms with Gasteiger partial charge in [0.1, 0.15) is 0 Å². The molecule has 7 nitrogen and oxygen atoms in total. The molecule has 164 valence electrons. The van der Waals surface area contributed by atoms with Crippen molar-refractivity contribution >= 4 is 11.8 Å². The van der Waals surface area contributed by atoms with Crippen LogP contribution in [0, 0.1) is 13.8 Å². The Hall–Kier alpha value is -3.58. The van der Waals surface area contributed by atoms with Gasteiger partial charge in [-0.2, -0.15) is 0 Å². The Balaban J connectivity index is 1.63. The summed E-state index contributed by atoms with van der Waals surface area (Å²) in [5.74, 6) is -0.484. The van der Waals surface area contributed by atoms with E-state index in [0.29, 0.717) is 48.4 Å². The van der Waals surface area contributed by atoms with Crippen molar-refractivity contribution in [3.63, 3.8) is 0 Å². The van der Waals surface area contributed by atoms with E-state index in [-0.39, 0.29) is 11.8 Å². The molecule has 1 aromatic carbocycles. The summed E-state index contributed by atoms with van der Waals surface area (Å²) >= 11 is 0. The number of likely N-dealkylation sites (tertiary alicyclic amines) is 1. The van der Waals surface area contributed by atoms with Crippen molar-refractivity contribution in [1.82, 2.24) is 20.2 Å². The van der Waals surface area contributed by atoms with Crippen LogP contribution in [0.25, 0.3) is 11.3 Å². The minimum atomic E-state index is -0.508. The highest BCUT2D eigenvalue weighted by Crippen LogP contribution is 2.23. The van der Waals surface area contributed by atoms with Crippen LogP contribution in [0.2, 0.25) is 0 Å². The van der Waals surface area contributed by atoms with E-state index in [9.17, 15) is 14.7 Å². The number of carbonyl (C=O) groups is 2. The maximum absolute atomic E-state index is 13.1. The third kappa shape index (κ3) is 5.00. The monoisotopic (exact) mass is 430 g/mol. The Morgan fingerprint density at radius 3 is 2.53 bits per heavy atom. The molecule has 1 saturated heterocycles. The third-order valence-electron chi connectivity index (χ3n) is 5.53. The number of aryl methyl sites for hydroxylation is 2. The van der Waals surface area contributed by atoms with E-state index < -0.39 is 6.10 Å². The van der Waals surface area contributed by atoms with Crippen LogP contribution in [0.15, 0.2) is 54.9 Å².